The van der Waals surface area contributed by atoms with E-state index in [1.807, 2.05) is 50.2 Å². The molecule has 0 radical (unpaired) electrons. The van der Waals surface area contributed by atoms with Crippen LogP contribution in [-0.2, 0) is 12.8 Å². The second-order valence-electron chi connectivity index (χ2n) is 10.7. The molecule has 0 bridgehead atoms. The number of unbranched alkanes of at least 4 members (excludes halogenated alkanes) is 7. The Bertz CT molecular complexity index is 1190. The van der Waals surface area contributed by atoms with Gasteiger partial charge in [-0.2, -0.15) is 0 Å². The van der Waals surface area contributed by atoms with Crippen LogP contribution in [0.5, 0.6) is 11.5 Å². The van der Waals surface area contributed by atoms with Crippen LogP contribution in [-0.4, -0.2) is 10.2 Å². The summed E-state index contributed by atoms with van der Waals surface area (Å²) in [5, 5.41) is 21.1. The molecule has 0 aliphatic carbocycles. The van der Waals surface area contributed by atoms with Gasteiger partial charge in [0.15, 0.2) is 0 Å². The van der Waals surface area contributed by atoms with E-state index in [-0.39, 0.29) is 0 Å². The van der Waals surface area contributed by atoms with Crippen molar-refractivity contribution in [2.45, 2.75) is 78.1 Å². The van der Waals surface area contributed by atoms with Crippen LogP contribution in [0.1, 0.15) is 73.6 Å². The molecular weight excluding hydrogens is 464 g/mol. The molecule has 0 spiro atoms. The summed E-state index contributed by atoms with van der Waals surface area (Å²) in [6.45, 7) is 3.99. The van der Waals surface area contributed by atoms with E-state index in [0.717, 1.165) is 46.2 Å². The maximum absolute atomic E-state index is 10.5. The molecule has 0 aliphatic rings. The molecule has 0 heterocycles. The van der Waals surface area contributed by atoms with Gasteiger partial charge in [-0.15, -0.1) is 0 Å². The van der Waals surface area contributed by atoms with Gasteiger partial charge >= 0.3 is 0 Å². The predicted molar refractivity (Wildman–Crippen MR) is 161 cm³/mol. The maximum atomic E-state index is 10.5. The fraction of sp³-hybridized carbons (Fsp3) is 0.333. The first-order valence-corrected chi connectivity index (χ1v) is 14.3. The minimum Gasteiger partial charge on any atom is -0.507 e. The second-order valence-corrected chi connectivity index (χ2v) is 10.7. The van der Waals surface area contributed by atoms with Gasteiger partial charge in [0.2, 0.25) is 0 Å². The third-order valence-corrected chi connectivity index (χ3v) is 7.57. The molecule has 2 nitrogen and oxygen atoms in total. The third kappa shape index (κ3) is 7.51. The minimum atomic E-state index is 0.400. The minimum absolute atomic E-state index is 0.400. The molecule has 38 heavy (non-hydrogen) atoms. The molecule has 2 heteroatoms. The Hall–Kier alpha value is -3.52. The van der Waals surface area contributed by atoms with Crippen molar-refractivity contribution in [2.75, 3.05) is 0 Å². The van der Waals surface area contributed by atoms with Crippen molar-refractivity contribution in [3.05, 3.63) is 107 Å². The first kappa shape index (κ1) is 27.5. The van der Waals surface area contributed by atoms with Crippen molar-refractivity contribution in [1.82, 2.24) is 0 Å². The van der Waals surface area contributed by atoms with Gasteiger partial charge in [-0.25, -0.2) is 0 Å². The Morgan fingerprint density at radius 2 is 0.789 bits per heavy atom. The second kappa shape index (κ2) is 13.9. The van der Waals surface area contributed by atoms with Crippen LogP contribution < -0.4 is 0 Å². The van der Waals surface area contributed by atoms with Gasteiger partial charge in [0.05, 0.1) is 0 Å². The van der Waals surface area contributed by atoms with Gasteiger partial charge < -0.3 is 10.2 Å². The summed E-state index contributed by atoms with van der Waals surface area (Å²) in [5.74, 6) is 0.800. The summed E-state index contributed by atoms with van der Waals surface area (Å²) < 4.78 is 0. The Kier molecular flexibility index (Phi) is 10.0. The highest BCUT2D eigenvalue weighted by molar-refractivity contribution is 5.73. The van der Waals surface area contributed by atoms with Crippen molar-refractivity contribution < 1.29 is 10.2 Å². The lowest BCUT2D eigenvalue weighted by Crippen LogP contribution is -1.92. The summed E-state index contributed by atoms with van der Waals surface area (Å²) in [6.07, 6.45) is 12.2. The molecule has 0 unspecified atom stereocenters. The van der Waals surface area contributed by atoms with Crippen molar-refractivity contribution >= 4 is 0 Å². The molecule has 0 fully saturated rings. The zero-order valence-electron chi connectivity index (χ0n) is 23.0. The first-order chi connectivity index (χ1) is 18.5. The summed E-state index contributed by atoms with van der Waals surface area (Å²) in [4.78, 5) is 0. The van der Waals surface area contributed by atoms with Crippen LogP contribution in [0.15, 0.2) is 84.9 Å². The van der Waals surface area contributed by atoms with Crippen LogP contribution in [0.3, 0.4) is 0 Å². The number of rotatable bonds is 13. The third-order valence-electron chi connectivity index (χ3n) is 7.57. The highest BCUT2D eigenvalue weighted by Gasteiger charge is 2.10. The lowest BCUT2D eigenvalue weighted by molar-refractivity contribution is 0.472. The van der Waals surface area contributed by atoms with E-state index in [9.17, 15) is 10.2 Å². The molecule has 0 aliphatic heterocycles. The lowest BCUT2D eigenvalue weighted by Gasteiger charge is -2.12. The Morgan fingerprint density at radius 1 is 0.447 bits per heavy atom. The molecule has 4 aromatic carbocycles. The molecule has 0 amide bonds. The highest BCUT2D eigenvalue weighted by Crippen LogP contribution is 2.35. The summed E-state index contributed by atoms with van der Waals surface area (Å²) in [7, 11) is 0. The normalized spacial score (nSPS) is 11.1. The number of hydrogen-bond donors (Lipinski definition) is 2. The van der Waals surface area contributed by atoms with Gasteiger partial charge in [0, 0.05) is 11.1 Å². The smallest absolute Gasteiger partial charge is 0.126 e. The van der Waals surface area contributed by atoms with E-state index in [4.69, 9.17) is 0 Å². The zero-order chi connectivity index (χ0) is 26.7. The largest absolute Gasteiger partial charge is 0.507 e. The number of aryl methyl sites for hydroxylation is 4. The summed E-state index contributed by atoms with van der Waals surface area (Å²) >= 11 is 0. The van der Waals surface area contributed by atoms with Crippen molar-refractivity contribution in [3.63, 3.8) is 0 Å². The fourth-order valence-electron chi connectivity index (χ4n) is 5.39. The standard InChI is InChI=1S/C36H42O2/c1-27-23-29(25-33(35(27)37)31-19-13-9-14-20-31)17-11-7-5-3-4-6-8-12-18-30-24-28(2)36(38)34(26-30)32-21-15-10-16-22-32/h9-10,13-16,19-26,37-38H,3-8,11-12,17-18H2,1-2H3. The number of phenols is 2. The van der Waals surface area contributed by atoms with E-state index in [0.29, 0.717) is 11.5 Å². The molecule has 198 valence electrons. The number of aromatic hydroxyl groups is 2. The molecule has 0 aromatic heterocycles. The SMILES string of the molecule is Cc1cc(CCCCCCCCCCc2cc(C)c(O)c(-c3ccccc3)c2)cc(-c2ccccc2)c1O. The highest BCUT2D eigenvalue weighted by atomic mass is 16.3. The average molecular weight is 507 g/mol. The van der Waals surface area contributed by atoms with Gasteiger partial charge in [0.25, 0.3) is 0 Å². The van der Waals surface area contributed by atoms with Gasteiger partial charge in [-0.3, -0.25) is 0 Å². The van der Waals surface area contributed by atoms with Crippen LogP contribution in [0.25, 0.3) is 22.3 Å². The van der Waals surface area contributed by atoms with Crippen LogP contribution >= 0.6 is 0 Å². The Morgan fingerprint density at radius 3 is 1.16 bits per heavy atom. The topological polar surface area (TPSA) is 40.5 Å². The van der Waals surface area contributed by atoms with Crippen LogP contribution in [0.4, 0.5) is 0 Å². The molecule has 0 saturated heterocycles. The molecule has 0 saturated carbocycles. The van der Waals surface area contributed by atoms with Gasteiger partial charge in [0.1, 0.15) is 11.5 Å². The fourth-order valence-corrected chi connectivity index (χ4v) is 5.39. The number of benzene rings is 4. The predicted octanol–water partition coefficient (Wildman–Crippen LogP) is 9.95. The number of hydrogen-bond acceptors (Lipinski definition) is 2. The molecule has 4 aromatic rings. The van der Waals surface area contributed by atoms with E-state index < -0.39 is 0 Å². The molecule has 2 N–H and O–H groups in total. The first-order valence-electron chi connectivity index (χ1n) is 14.3. The number of phenolic OH excluding ortho intramolecular Hbond substituents is 2. The lowest BCUT2D eigenvalue weighted by atomic mass is 9.95. The maximum Gasteiger partial charge on any atom is 0.126 e. The van der Waals surface area contributed by atoms with E-state index >= 15 is 0 Å². The van der Waals surface area contributed by atoms with Crippen molar-refractivity contribution in [2.24, 2.45) is 0 Å². The molecule has 0 atom stereocenters. The molecular formula is C36H42O2. The molecule has 4 rings (SSSR count). The quantitative estimate of drug-likeness (QED) is 0.177. The summed E-state index contributed by atoms with van der Waals surface area (Å²) in [5.41, 5.74) is 8.59. The van der Waals surface area contributed by atoms with E-state index in [1.165, 1.54) is 62.5 Å². The Balaban J connectivity index is 1.13. The van der Waals surface area contributed by atoms with Crippen LogP contribution in [0, 0.1) is 13.8 Å². The Labute approximate surface area is 229 Å². The average Bonchev–Trinajstić information content (AvgIpc) is 2.94. The van der Waals surface area contributed by atoms with Crippen molar-refractivity contribution in [1.29, 1.82) is 0 Å². The van der Waals surface area contributed by atoms with Gasteiger partial charge in [-0.1, -0.05) is 111 Å². The van der Waals surface area contributed by atoms with E-state index in [1.54, 1.807) is 0 Å². The van der Waals surface area contributed by atoms with Gasteiger partial charge in [-0.05, 0) is 85.0 Å². The summed E-state index contributed by atoms with van der Waals surface area (Å²) in [6, 6.07) is 29.0. The van der Waals surface area contributed by atoms with E-state index in [2.05, 4.69) is 48.5 Å². The monoisotopic (exact) mass is 506 g/mol. The van der Waals surface area contributed by atoms with Crippen molar-refractivity contribution in [3.8, 4) is 33.8 Å². The van der Waals surface area contributed by atoms with Crippen LogP contribution in [0.2, 0.25) is 0 Å². The zero-order valence-corrected chi connectivity index (χ0v) is 23.0.